The fourth-order valence-electron chi connectivity index (χ4n) is 1.83. The molecule has 1 heterocycles. The predicted octanol–water partition coefficient (Wildman–Crippen LogP) is 1.79. The number of ether oxygens (including phenoxy) is 1. The Morgan fingerprint density at radius 3 is 2.93 bits per heavy atom. The van der Waals surface area contributed by atoms with Crippen LogP contribution < -0.4 is 0 Å². The lowest BCUT2D eigenvalue weighted by Gasteiger charge is -2.20. The third kappa shape index (κ3) is 4.08. The Kier molecular flexibility index (Phi) is 5.58. The van der Waals surface area contributed by atoms with Gasteiger partial charge in [-0.3, -0.25) is 0 Å². The second-order valence-corrected chi connectivity index (χ2v) is 3.77. The van der Waals surface area contributed by atoms with Crippen molar-refractivity contribution in [3.63, 3.8) is 0 Å². The van der Waals surface area contributed by atoms with Crippen LogP contribution in [-0.4, -0.2) is 37.2 Å². The standard InChI is InChI=1S/C11H20N2O/c1-2-13(8-4-7-12)9-6-11-5-3-10-14-11/h11H,2-6,8-10H2,1H3. The third-order valence-electron chi connectivity index (χ3n) is 2.78. The minimum absolute atomic E-state index is 0.478. The van der Waals surface area contributed by atoms with Gasteiger partial charge in [0.1, 0.15) is 0 Å². The zero-order chi connectivity index (χ0) is 10.2. The molecular weight excluding hydrogens is 176 g/mol. The highest BCUT2D eigenvalue weighted by atomic mass is 16.5. The molecule has 80 valence electrons. The smallest absolute Gasteiger partial charge is 0.0635 e. The largest absolute Gasteiger partial charge is 0.378 e. The van der Waals surface area contributed by atoms with Crippen molar-refractivity contribution >= 4 is 0 Å². The van der Waals surface area contributed by atoms with Crippen molar-refractivity contribution in [3.8, 4) is 6.07 Å². The number of hydrogen-bond acceptors (Lipinski definition) is 3. The molecule has 0 radical (unpaired) electrons. The Morgan fingerprint density at radius 1 is 1.50 bits per heavy atom. The van der Waals surface area contributed by atoms with Gasteiger partial charge < -0.3 is 9.64 Å². The van der Waals surface area contributed by atoms with Gasteiger partial charge in [0.05, 0.1) is 12.2 Å². The van der Waals surface area contributed by atoms with Crippen LogP contribution in [-0.2, 0) is 4.74 Å². The molecule has 0 spiro atoms. The number of nitriles is 1. The van der Waals surface area contributed by atoms with Crippen molar-refractivity contribution in [1.29, 1.82) is 5.26 Å². The second-order valence-electron chi connectivity index (χ2n) is 3.77. The fraction of sp³-hybridized carbons (Fsp3) is 0.909. The molecule has 0 aromatic rings. The van der Waals surface area contributed by atoms with E-state index in [2.05, 4.69) is 17.9 Å². The molecule has 1 atom stereocenters. The summed E-state index contributed by atoms with van der Waals surface area (Å²) in [7, 11) is 0. The molecule has 0 bridgehead atoms. The predicted molar refractivity (Wildman–Crippen MR) is 55.9 cm³/mol. The molecule has 0 N–H and O–H groups in total. The second kappa shape index (κ2) is 6.80. The average Bonchev–Trinajstić information content (AvgIpc) is 2.71. The van der Waals surface area contributed by atoms with Crippen LogP contribution in [0.25, 0.3) is 0 Å². The molecule has 0 aromatic carbocycles. The minimum atomic E-state index is 0.478. The SMILES string of the molecule is CCN(CCC#N)CCC1CCCO1. The van der Waals surface area contributed by atoms with Gasteiger partial charge in [0.25, 0.3) is 0 Å². The molecular formula is C11H20N2O. The van der Waals surface area contributed by atoms with E-state index in [1.807, 2.05) is 0 Å². The Hall–Kier alpha value is -0.590. The van der Waals surface area contributed by atoms with Gasteiger partial charge in [-0.15, -0.1) is 0 Å². The zero-order valence-corrected chi connectivity index (χ0v) is 9.04. The van der Waals surface area contributed by atoms with Gasteiger partial charge in [-0.1, -0.05) is 6.92 Å². The van der Waals surface area contributed by atoms with Crippen molar-refractivity contribution in [2.45, 2.75) is 38.7 Å². The lowest BCUT2D eigenvalue weighted by molar-refractivity contribution is 0.0929. The van der Waals surface area contributed by atoms with Crippen molar-refractivity contribution in [2.75, 3.05) is 26.2 Å². The summed E-state index contributed by atoms with van der Waals surface area (Å²) >= 11 is 0. The van der Waals surface area contributed by atoms with Gasteiger partial charge in [0, 0.05) is 26.1 Å². The molecule has 0 saturated carbocycles. The van der Waals surface area contributed by atoms with Crippen LogP contribution in [0.15, 0.2) is 0 Å². The highest BCUT2D eigenvalue weighted by Gasteiger charge is 2.15. The first kappa shape index (κ1) is 11.5. The Bertz CT molecular complexity index is 182. The van der Waals surface area contributed by atoms with Crippen LogP contribution in [0.3, 0.4) is 0 Å². The van der Waals surface area contributed by atoms with Crippen LogP contribution >= 0.6 is 0 Å². The van der Waals surface area contributed by atoms with E-state index < -0.39 is 0 Å². The highest BCUT2D eigenvalue weighted by molar-refractivity contribution is 4.73. The summed E-state index contributed by atoms with van der Waals surface area (Å²) in [5.41, 5.74) is 0. The molecule has 0 aliphatic carbocycles. The molecule has 0 amide bonds. The van der Waals surface area contributed by atoms with Gasteiger partial charge >= 0.3 is 0 Å². The van der Waals surface area contributed by atoms with E-state index in [-0.39, 0.29) is 0 Å². The van der Waals surface area contributed by atoms with Crippen LogP contribution in [0.2, 0.25) is 0 Å². The quantitative estimate of drug-likeness (QED) is 0.650. The van der Waals surface area contributed by atoms with E-state index in [9.17, 15) is 0 Å². The monoisotopic (exact) mass is 196 g/mol. The van der Waals surface area contributed by atoms with Crippen molar-refractivity contribution in [1.82, 2.24) is 4.90 Å². The summed E-state index contributed by atoms with van der Waals surface area (Å²) in [6.45, 7) is 6.10. The van der Waals surface area contributed by atoms with Crippen molar-refractivity contribution < 1.29 is 4.74 Å². The van der Waals surface area contributed by atoms with Gasteiger partial charge in [-0.2, -0.15) is 5.26 Å². The molecule has 1 aliphatic rings. The lowest BCUT2D eigenvalue weighted by atomic mass is 10.2. The van der Waals surface area contributed by atoms with E-state index in [0.717, 1.165) is 32.7 Å². The summed E-state index contributed by atoms with van der Waals surface area (Å²) in [4.78, 5) is 2.32. The van der Waals surface area contributed by atoms with Gasteiger partial charge in [0.15, 0.2) is 0 Å². The van der Waals surface area contributed by atoms with E-state index in [0.29, 0.717) is 12.5 Å². The first-order valence-corrected chi connectivity index (χ1v) is 5.57. The molecule has 1 saturated heterocycles. The van der Waals surface area contributed by atoms with Crippen molar-refractivity contribution in [2.24, 2.45) is 0 Å². The van der Waals surface area contributed by atoms with E-state index in [1.54, 1.807) is 0 Å². The van der Waals surface area contributed by atoms with Crippen LogP contribution in [0.4, 0.5) is 0 Å². The first-order chi connectivity index (χ1) is 6.86. The summed E-state index contributed by atoms with van der Waals surface area (Å²) in [6, 6.07) is 2.19. The minimum Gasteiger partial charge on any atom is -0.378 e. The van der Waals surface area contributed by atoms with Crippen LogP contribution in [0, 0.1) is 11.3 Å². The van der Waals surface area contributed by atoms with E-state index in [1.165, 1.54) is 12.8 Å². The maximum absolute atomic E-state index is 8.49. The summed E-state index contributed by atoms with van der Waals surface area (Å²) in [5.74, 6) is 0. The molecule has 0 aromatic heterocycles. The maximum atomic E-state index is 8.49. The normalized spacial score (nSPS) is 21.4. The topological polar surface area (TPSA) is 36.3 Å². The van der Waals surface area contributed by atoms with Crippen LogP contribution in [0.5, 0.6) is 0 Å². The first-order valence-electron chi connectivity index (χ1n) is 5.57. The van der Waals surface area contributed by atoms with Gasteiger partial charge in [0.2, 0.25) is 0 Å². The van der Waals surface area contributed by atoms with Crippen LogP contribution in [0.1, 0.15) is 32.6 Å². The number of nitrogens with zero attached hydrogens (tertiary/aromatic N) is 2. The number of rotatable bonds is 6. The molecule has 1 unspecified atom stereocenters. The summed E-state index contributed by atoms with van der Waals surface area (Å²) in [6.07, 6.45) is 4.68. The Morgan fingerprint density at radius 2 is 2.36 bits per heavy atom. The highest BCUT2D eigenvalue weighted by Crippen LogP contribution is 2.15. The van der Waals surface area contributed by atoms with Crippen molar-refractivity contribution in [3.05, 3.63) is 0 Å². The molecule has 1 rings (SSSR count). The van der Waals surface area contributed by atoms with E-state index in [4.69, 9.17) is 10.00 Å². The Balaban J connectivity index is 2.10. The summed E-state index contributed by atoms with van der Waals surface area (Å²) in [5, 5.41) is 8.49. The Labute approximate surface area is 86.6 Å². The molecule has 1 fully saturated rings. The maximum Gasteiger partial charge on any atom is 0.0635 e. The summed E-state index contributed by atoms with van der Waals surface area (Å²) < 4.78 is 5.56. The zero-order valence-electron chi connectivity index (χ0n) is 9.04. The third-order valence-corrected chi connectivity index (χ3v) is 2.78. The fourth-order valence-corrected chi connectivity index (χ4v) is 1.83. The molecule has 1 aliphatic heterocycles. The number of hydrogen-bond donors (Lipinski definition) is 0. The molecule has 3 heteroatoms. The van der Waals surface area contributed by atoms with E-state index >= 15 is 0 Å². The molecule has 3 nitrogen and oxygen atoms in total. The lowest BCUT2D eigenvalue weighted by Crippen LogP contribution is -2.28. The average molecular weight is 196 g/mol. The molecule has 14 heavy (non-hydrogen) atoms. The van der Waals surface area contributed by atoms with Gasteiger partial charge in [-0.25, -0.2) is 0 Å². The van der Waals surface area contributed by atoms with Gasteiger partial charge in [-0.05, 0) is 25.8 Å².